The maximum Gasteiger partial charge on any atom is 0.0327 e. The van der Waals surface area contributed by atoms with Crippen molar-refractivity contribution < 1.29 is 0 Å². The van der Waals surface area contributed by atoms with Gasteiger partial charge < -0.3 is 5.32 Å². The van der Waals surface area contributed by atoms with Crippen LogP contribution >= 0.6 is 27.3 Å². The lowest BCUT2D eigenvalue weighted by Crippen LogP contribution is -2.33. The van der Waals surface area contributed by atoms with Crippen molar-refractivity contribution in [1.82, 2.24) is 10.2 Å². The summed E-state index contributed by atoms with van der Waals surface area (Å²) in [6, 6.07) is 3.00. The van der Waals surface area contributed by atoms with Crippen LogP contribution in [-0.2, 0) is 6.54 Å². The van der Waals surface area contributed by atoms with E-state index in [1.165, 1.54) is 35.3 Å². The summed E-state index contributed by atoms with van der Waals surface area (Å²) >= 11 is 5.36. The number of hydrogen-bond donors (Lipinski definition) is 1. The predicted octanol–water partition coefficient (Wildman–Crippen LogP) is 3.08. The van der Waals surface area contributed by atoms with Crippen molar-refractivity contribution >= 4 is 27.3 Å². The van der Waals surface area contributed by atoms with Crippen LogP contribution in [0.5, 0.6) is 0 Å². The average Bonchev–Trinajstić information content (AvgIpc) is 3.04. The zero-order valence-corrected chi connectivity index (χ0v) is 12.1. The lowest BCUT2D eigenvalue weighted by Gasteiger charge is -2.19. The molecule has 1 fully saturated rings. The smallest absolute Gasteiger partial charge is 0.0327 e. The van der Waals surface area contributed by atoms with Gasteiger partial charge in [-0.05, 0) is 46.8 Å². The quantitative estimate of drug-likeness (QED) is 0.779. The second-order valence-corrected chi connectivity index (χ2v) is 6.08. The largest absolute Gasteiger partial charge is 0.311 e. The van der Waals surface area contributed by atoms with E-state index in [2.05, 4.69) is 44.5 Å². The normalized spacial score (nSPS) is 15.9. The van der Waals surface area contributed by atoms with E-state index >= 15 is 0 Å². The van der Waals surface area contributed by atoms with Gasteiger partial charge in [0.15, 0.2) is 0 Å². The molecule has 0 aliphatic heterocycles. The Morgan fingerprint density at radius 1 is 1.56 bits per heavy atom. The Bertz CT molecular complexity index is 323. The molecule has 0 spiro atoms. The molecule has 0 unspecified atom stereocenters. The van der Waals surface area contributed by atoms with E-state index in [1.807, 2.05) is 11.3 Å². The summed E-state index contributed by atoms with van der Waals surface area (Å²) < 4.78 is 1.24. The zero-order valence-electron chi connectivity index (χ0n) is 9.71. The first-order valence-corrected chi connectivity index (χ1v) is 7.65. The van der Waals surface area contributed by atoms with Crippen molar-refractivity contribution in [1.29, 1.82) is 0 Å². The molecule has 1 aromatic rings. The van der Waals surface area contributed by atoms with E-state index in [-0.39, 0.29) is 0 Å². The highest BCUT2D eigenvalue weighted by atomic mass is 79.9. The molecule has 1 aromatic heterocycles. The number of nitrogens with zero attached hydrogens (tertiary/aromatic N) is 1. The molecule has 0 atom stereocenters. The van der Waals surface area contributed by atoms with Crippen molar-refractivity contribution in [3.63, 3.8) is 0 Å². The highest BCUT2D eigenvalue weighted by molar-refractivity contribution is 9.10. The minimum absolute atomic E-state index is 0.889. The molecule has 4 heteroatoms. The first-order chi connectivity index (χ1) is 7.81. The van der Waals surface area contributed by atoms with Crippen molar-refractivity contribution in [3.05, 3.63) is 20.8 Å². The second-order valence-electron chi connectivity index (χ2n) is 4.23. The molecule has 0 aromatic carbocycles. The molecule has 0 saturated heterocycles. The number of nitrogens with one attached hydrogen (secondary N) is 1. The van der Waals surface area contributed by atoms with Crippen LogP contribution in [-0.4, -0.2) is 30.6 Å². The average molecular weight is 303 g/mol. The van der Waals surface area contributed by atoms with Crippen LogP contribution in [0.15, 0.2) is 15.9 Å². The van der Waals surface area contributed by atoms with Gasteiger partial charge in [0.1, 0.15) is 0 Å². The lowest BCUT2D eigenvalue weighted by molar-refractivity contribution is 0.277. The first kappa shape index (κ1) is 12.6. The molecule has 90 valence electrons. The van der Waals surface area contributed by atoms with E-state index in [0.717, 1.165) is 19.1 Å². The molecular weight excluding hydrogens is 284 g/mol. The molecule has 0 radical (unpaired) electrons. The van der Waals surface area contributed by atoms with Crippen LogP contribution in [0.3, 0.4) is 0 Å². The fraction of sp³-hybridized carbons (Fsp3) is 0.667. The van der Waals surface area contributed by atoms with Gasteiger partial charge in [-0.15, -0.1) is 11.3 Å². The maximum absolute atomic E-state index is 3.55. The Balaban J connectivity index is 1.62. The fourth-order valence-corrected chi connectivity index (χ4v) is 3.38. The molecule has 2 rings (SSSR count). The van der Waals surface area contributed by atoms with Crippen LogP contribution in [0.1, 0.15) is 24.6 Å². The SMILES string of the molecule is CCN(CCNCc1sccc1Br)C1CC1. The summed E-state index contributed by atoms with van der Waals surface area (Å²) in [5.41, 5.74) is 0. The molecule has 1 heterocycles. The minimum Gasteiger partial charge on any atom is -0.311 e. The standard InChI is InChI=1S/C12H19BrN2S/c1-2-15(10-3-4-10)7-6-14-9-12-11(13)5-8-16-12/h5,8,10,14H,2-4,6-7,9H2,1H3. The van der Waals surface area contributed by atoms with Gasteiger partial charge in [-0.2, -0.15) is 0 Å². The molecular formula is C12H19BrN2S. The van der Waals surface area contributed by atoms with Gasteiger partial charge in [-0.25, -0.2) is 0 Å². The van der Waals surface area contributed by atoms with Gasteiger partial charge in [0.2, 0.25) is 0 Å². The Morgan fingerprint density at radius 3 is 2.94 bits per heavy atom. The zero-order chi connectivity index (χ0) is 11.4. The third-order valence-electron chi connectivity index (χ3n) is 3.02. The summed E-state index contributed by atoms with van der Waals surface area (Å²) in [4.78, 5) is 3.98. The number of likely N-dealkylation sites (N-methyl/N-ethyl adjacent to an activating group) is 1. The monoisotopic (exact) mass is 302 g/mol. The molecule has 1 saturated carbocycles. The van der Waals surface area contributed by atoms with Gasteiger partial charge in [0.25, 0.3) is 0 Å². The van der Waals surface area contributed by atoms with Gasteiger partial charge in [0, 0.05) is 35.0 Å². The van der Waals surface area contributed by atoms with E-state index in [4.69, 9.17) is 0 Å². The Kier molecular flexibility index (Phi) is 4.82. The third kappa shape index (κ3) is 3.55. The van der Waals surface area contributed by atoms with Crippen LogP contribution in [0.4, 0.5) is 0 Å². The summed E-state index contributed by atoms with van der Waals surface area (Å²) in [5.74, 6) is 0. The summed E-state index contributed by atoms with van der Waals surface area (Å²) in [6.07, 6.45) is 2.81. The Morgan fingerprint density at radius 2 is 2.38 bits per heavy atom. The molecule has 0 amide bonds. The van der Waals surface area contributed by atoms with Crippen LogP contribution < -0.4 is 5.32 Å². The summed E-state index contributed by atoms with van der Waals surface area (Å²) in [6.45, 7) is 6.71. The van der Waals surface area contributed by atoms with Crippen molar-refractivity contribution in [2.75, 3.05) is 19.6 Å². The number of thiophene rings is 1. The van der Waals surface area contributed by atoms with Gasteiger partial charge in [0.05, 0.1) is 0 Å². The molecule has 1 aliphatic rings. The minimum atomic E-state index is 0.889. The highest BCUT2D eigenvalue weighted by Gasteiger charge is 2.26. The number of rotatable bonds is 7. The van der Waals surface area contributed by atoms with Gasteiger partial charge in [-0.3, -0.25) is 4.90 Å². The third-order valence-corrected chi connectivity index (χ3v) is 4.95. The summed E-state index contributed by atoms with van der Waals surface area (Å²) in [7, 11) is 0. The fourth-order valence-electron chi connectivity index (χ4n) is 1.91. The molecule has 2 nitrogen and oxygen atoms in total. The van der Waals surface area contributed by atoms with Crippen molar-refractivity contribution in [2.45, 2.75) is 32.4 Å². The Labute approximate surface area is 110 Å². The molecule has 1 aliphatic carbocycles. The Hall–Kier alpha value is 0.100. The van der Waals surface area contributed by atoms with Crippen LogP contribution in [0, 0.1) is 0 Å². The van der Waals surface area contributed by atoms with Gasteiger partial charge >= 0.3 is 0 Å². The molecule has 1 N–H and O–H groups in total. The predicted molar refractivity (Wildman–Crippen MR) is 74.0 cm³/mol. The van der Waals surface area contributed by atoms with E-state index in [0.29, 0.717) is 0 Å². The number of hydrogen-bond acceptors (Lipinski definition) is 3. The molecule has 0 bridgehead atoms. The molecule has 16 heavy (non-hydrogen) atoms. The van der Waals surface area contributed by atoms with Gasteiger partial charge in [-0.1, -0.05) is 6.92 Å². The van der Waals surface area contributed by atoms with Crippen LogP contribution in [0.2, 0.25) is 0 Å². The maximum atomic E-state index is 3.55. The topological polar surface area (TPSA) is 15.3 Å². The van der Waals surface area contributed by atoms with E-state index in [1.54, 1.807) is 0 Å². The van der Waals surface area contributed by atoms with Crippen molar-refractivity contribution in [3.8, 4) is 0 Å². The highest BCUT2D eigenvalue weighted by Crippen LogP contribution is 2.26. The van der Waals surface area contributed by atoms with Crippen molar-refractivity contribution in [2.24, 2.45) is 0 Å². The summed E-state index contributed by atoms with van der Waals surface area (Å²) in [5, 5.41) is 5.64. The lowest BCUT2D eigenvalue weighted by atomic mass is 10.4. The second kappa shape index (κ2) is 6.15. The number of halogens is 1. The van der Waals surface area contributed by atoms with E-state index < -0.39 is 0 Å². The van der Waals surface area contributed by atoms with E-state index in [9.17, 15) is 0 Å². The van der Waals surface area contributed by atoms with Crippen LogP contribution in [0.25, 0.3) is 0 Å². The first-order valence-electron chi connectivity index (χ1n) is 5.98.